The van der Waals surface area contributed by atoms with Crippen LogP contribution in [0, 0.1) is 6.92 Å². The topological polar surface area (TPSA) is 0 Å². The lowest BCUT2D eigenvalue weighted by Crippen LogP contribution is -1.96. The maximum atomic E-state index is 4.21. The summed E-state index contributed by atoms with van der Waals surface area (Å²) in [5, 5.41) is 2.44. The molecule has 35 heavy (non-hydrogen) atoms. The van der Waals surface area contributed by atoms with Crippen LogP contribution in [0.5, 0.6) is 0 Å². The van der Waals surface area contributed by atoms with Crippen molar-refractivity contribution >= 4 is 35.1 Å². The minimum Gasteiger partial charge on any atom is -0.0984 e. The smallest absolute Gasteiger partial charge is 0.00265 e. The van der Waals surface area contributed by atoms with Gasteiger partial charge in [0.1, 0.15) is 0 Å². The maximum absolute atomic E-state index is 4.21. The molecule has 0 nitrogen and oxygen atoms in total. The van der Waals surface area contributed by atoms with E-state index in [0.29, 0.717) is 0 Å². The van der Waals surface area contributed by atoms with E-state index in [1.807, 2.05) is 18.2 Å². The Labute approximate surface area is 208 Å². The van der Waals surface area contributed by atoms with Gasteiger partial charge in [0.2, 0.25) is 0 Å². The van der Waals surface area contributed by atoms with E-state index in [1.165, 1.54) is 49.7 Å². The summed E-state index contributed by atoms with van der Waals surface area (Å²) < 4.78 is 0. The molecule has 0 aliphatic heterocycles. The van der Waals surface area contributed by atoms with Crippen molar-refractivity contribution in [2.24, 2.45) is 0 Å². The van der Waals surface area contributed by atoms with Crippen molar-refractivity contribution in [3.8, 4) is 22.3 Å². The van der Waals surface area contributed by atoms with E-state index in [0.717, 1.165) is 11.1 Å². The van der Waals surface area contributed by atoms with Crippen LogP contribution in [0.15, 0.2) is 116 Å². The molecule has 0 aliphatic carbocycles. The minimum atomic E-state index is 1.11. The average Bonchev–Trinajstić information content (AvgIpc) is 2.91. The third kappa shape index (κ3) is 4.39. The van der Waals surface area contributed by atoms with Crippen LogP contribution in [0.3, 0.4) is 0 Å². The fourth-order valence-electron chi connectivity index (χ4n) is 4.84. The van der Waals surface area contributed by atoms with E-state index >= 15 is 0 Å². The van der Waals surface area contributed by atoms with Crippen LogP contribution in [0.4, 0.5) is 0 Å². The average molecular weight is 449 g/mol. The number of fused-ring (bicyclic) bond motifs is 1. The number of aryl methyl sites for hydroxylation is 1. The predicted octanol–water partition coefficient (Wildman–Crippen LogP) is 9.94. The van der Waals surface area contributed by atoms with Crippen LogP contribution in [0.25, 0.3) is 57.3 Å². The molecule has 0 amide bonds. The number of rotatable bonds is 6. The van der Waals surface area contributed by atoms with Gasteiger partial charge in [0.15, 0.2) is 0 Å². The Hall–Kier alpha value is -4.42. The lowest BCUT2D eigenvalue weighted by Gasteiger charge is -2.20. The SMILES string of the molecule is C=Cc1c(C=C)c(-c2cccc(C)c2)c2ccccc2c1-c1ccc(/C=C/c2ccccc2)cc1. The zero-order valence-electron chi connectivity index (χ0n) is 20.0. The molecule has 0 N–H and O–H groups in total. The molecule has 0 aliphatic rings. The molecule has 5 aromatic rings. The van der Waals surface area contributed by atoms with Gasteiger partial charge in [-0.25, -0.2) is 0 Å². The van der Waals surface area contributed by atoms with Crippen LogP contribution >= 0.6 is 0 Å². The summed E-state index contributed by atoms with van der Waals surface area (Å²) in [6.45, 7) is 10.5. The zero-order chi connectivity index (χ0) is 24.2. The van der Waals surface area contributed by atoms with Crippen molar-refractivity contribution < 1.29 is 0 Å². The molecule has 0 radical (unpaired) electrons. The molecule has 0 fully saturated rings. The molecule has 5 rings (SSSR count). The quantitative estimate of drug-likeness (QED) is 0.227. The van der Waals surface area contributed by atoms with Crippen LogP contribution < -0.4 is 0 Å². The molecule has 0 saturated heterocycles. The van der Waals surface area contributed by atoms with Crippen LogP contribution in [0.2, 0.25) is 0 Å². The van der Waals surface area contributed by atoms with E-state index in [1.54, 1.807) is 0 Å². The Morgan fingerprint density at radius 2 is 1.06 bits per heavy atom. The summed E-state index contributed by atoms with van der Waals surface area (Å²) in [5.41, 5.74) is 10.6. The molecular weight excluding hydrogens is 420 g/mol. The summed E-state index contributed by atoms with van der Waals surface area (Å²) in [7, 11) is 0. The Balaban J connectivity index is 1.69. The highest BCUT2D eigenvalue weighted by atomic mass is 14.2. The fraction of sp³-hybridized carbons (Fsp3) is 0.0286. The van der Waals surface area contributed by atoms with Crippen molar-refractivity contribution in [1.82, 2.24) is 0 Å². The Kier molecular flexibility index (Phi) is 6.28. The minimum absolute atomic E-state index is 1.11. The zero-order valence-corrected chi connectivity index (χ0v) is 20.0. The molecule has 0 heteroatoms. The normalized spacial score (nSPS) is 11.1. The molecule has 0 bridgehead atoms. The summed E-state index contributed by atoms with van der Waals surface area (Å²) in [5.74, 6) is 0. The van der Waals surface area contributed by atoms with Crippen molar-refractivity contribution in [3.63, 3.8) is 0 Å². The summed E-state index contributed by atoms with van der Waals surface area (Å²) in [4.78, 5) is 0. The Bertz CT molecular complexity index is 1550. The second kappa shape index (κ2) is 9.83. The predicted molar refractivity (Wildman–Crippen MR) is 155 cm³/mol. The summed E-state index contributed by atoms with van der Waals surface area (Å²) in [6, 6.07) is 36.5. The first-order chi connectivity index (χ1) is 17.2. The van der Waals surface area contributed by atoms with Gasteiger partial charge < -0.3 is 0 Å². The maximum Gasteiger partial charge on any atom is -0.00265 e. The summed E-state index contributed by atoms with van der Waals surface area (Å²) >= 11 is 0. The number of benzene rings is 5. The van der Waals surface area contributed by atoms with Gasteiger partial charge >= 0.3 is 0 Å². The Morgan fingerprint density at radius 1 is 0.514 bits per heavy atom. The first-order valence-electron chi connectivity index (χ1n) is 11.9. The largest absolute Gasteiger partial charge is 0.0984 e. The van der Waals surface area contributed by atoms with Gasteiger partial charge in [0.05, 0.1) is 0 Å². The first kappa shape index (κ1) is 22.4. The molecule has 0 saturated carbocycles. The van der Waals surface area contributed by atoms with E-state index in [4.69, 9.17) is 0 Å². The highest BCUT2D eigenvalue weighted by molar-refractivity contribution is 6.11. The second-order valence-corrected chi connectivity index (χ2v) is 8.77. The van der Waals surface area contributed by atoms with Crippen molar-refractivity contribution in [2.45, 2.75) is 6.92 Å². The second-order valence-electron chi connectivity index (χ2n) is 8.77. The van der Waals surface area contributed by atoms with E-state index in [2.05, 4.69) is 129 Å². The van der Waals surface area contributed by atoms with Gasteiger partial charge in [0, 0.05) is 0 Å². The molecule has 5 aromatic carbocycles. The lowest BCUT2D eigenvalue weighted by molar-refractivity contribution is 1.47. The van der Waals surface area contributed by atoms with Gasteiger partial charge in [0.25, 0.3) is 0 Å². The fourth-order valence-corrected chi connectivity index (χ4v) is 4.84. The van der Waals surface area contributed by atoms with Crippen LogP contribution in [-0.2, 0) is 0 Å². The van der Waals surface area contributed by atoms with E-state index in [9.17, 15) is 0 Å². The standard InChI is InChI=1S/C35H28/c1-4-30-31(5-2)35(29-15-11-12-25(3)24-29)33-17-10-9-16-32(33)34(30)28-22-20-27(21-23-28)19-18-26-13-7-6-8-14-26/h4-24H,1-2H2,3H3/b19-18+. The van der Waals surface area contributed by atoms with E-state index < -0.39 is 0 Å². The van der Waals surface area contributed by atoms with Crippen LogP contribution in [-0.4, -0.2) is 0 Å². The molecule has 0 spiro atoms. The number of hydrogen-bond acceptors (Lipinski definition) is 0. The molecule has 0 unspecified atom stereocenters. The molecule has 0 aromatic heterocycles. The number of hydrogen-bond donors (Lipinski definition) is 0. The van der Waals surface area contributed by atoms with Gasteiger partial charge in [-0.3, -0.25) is 0 Å². The summed E-state index contributed by atoms with van der Waals surface area (Å²) in [6.07, 6.45) is 8.25. The van der Waals surface area contributed by atoms with E-state index in [-0.39, 0.29) is 0 Å². The highest BCUT2D eigenvalue weighted by Gasteiger charge is 2.18. The third-order valence-electron chi connectivity index (χ3n) is 6.48. The van der Waals surface area contributed by atoms with Crippen LogP contribution in [0.1, 0.15) is 27.8 Å². The first-order valence-corrected chi connectivity index (χ1v) is 11.9. The van der Waals surface area contributed by atoms with Crippen molar-refractivity contribution in [2.75, 3.05) is 0 Å². The molecular formula is C35H28. The lowest BCUT2D eigenvalue weighted by atomic mass is 9.83. The molecule has 0 heterocycles. The van der Waals surface area contributed by atoms with Crippen molar-refractivity contribution in [1.29, 1.82) is 0 Å². The van der Waals surface area contributed by atoms with Gasteiger partial charge in [-0.1, -0.05) is 146 Å². The third-order valence-corrected chi connectivity index (χ3v) is 6.48. The molecule has 168 valence electrons. The van der Waals surface area contributed by atoms with Gasteiger partial charge in [-0.05, 0) is 62.2 Å². The van der Waals surface area contributed by atoms with Crippen molar-refractivity contribution in [3.05, 3.63) is 144 Å². The monoisotopic (exact) mass is 448 g/mol. The highest BCUT2D eigenvalue weighted by Crippen LogP contribution is 2.43. The Morgan fingerprint density at radius 3 is 1.63 bits per heavy atom. The molecule has 0 atom stereocenters. The van der Waals surface area contributed by atoms with Gasteiger partial charge in [-0.15, -0.1) is 0 Å². The van der Waals surface area contributed by atoms with Gasteiger partial charge in [-0.2, -0.15) is 0 Å².